The van der Waals surface area contributed by atoms with Crippen LogP contribution in [-0.4, -0.2) is 0 Å². The molecule has 0 saturated heterocycles. The largest absolute Gasteiger partial charge is 0.0843 e. The summed E-state index contributed by atoms with van der Waals surface area (Å²) in [5.74, 6) is 0. The third-order valence-electron chi connectivity index (χ3n) is 3.27. The molecule has 0 saturated carbocycles. The molecule has 0 spiro atoms. The highest BCUT2D eigenvalue weighted by molar-refractivity contribution is 9.10. The highest BCUT2D eigenvalue weighted by atomic mass is 79.9. The summed E-state index contributed by atoms with van der Waals surface area (Å²) in [5.41, 5.74) is 2.42. The molecule has 0 N–H and O–H groups in total. The Balaban J connectivity index is 2.00. The summed E-state index contributed by atoms with van der Waals surface area (Å²) in [6.45, 7) is 0. The summed E-state index contributed by atoms with van der Waals surface area (Å²) in [6.07, 6.45) is 0.837. The standard InChI is InChI=1S/C17H11BrCl2/c18-17-6-5-16(20)10-14(17)8-11-1-2-12-3-4-15(19)9-13(12)7-11/h1-7,9-10H,8H2. The van der Waals surface area contributed by atoms with Gasteiger partial charge >= 0.3 is 0 Å². The molecule has 3 rings (SSSR count). The molecule has 100 valence electrons. The van der Waals surface area contributed by atoms with E-state index in [4.69, 9.17) is 23.2 Å². The first-order valence-corrected chi connectivity index (χ1v) is 7.79. The predicted octanol–water partition coefficient (Wildman–Crippen LogP) is 6.50. The SMILES string of the molecule is Clc1ccc(Br)c(Cc2ccc3ccc(Cl)cc3c2)c1. The van der Waals surface area contributed by atoms with Crippen LogP contribution in [-0.2, 0) is 6.42 Å². The second-order valence-corrected chi connectivity index (χ2v) is 6.47. The van der Waals surface area contributed by atoms with Gasteiger partial charge in [0.2, 0.25) is 0 Å². The van der Waals surface area contributed by atoms with Gasteiger partial charge in [0.05, 0.1) is 0 Å². The molecule has 3 aromatic rings. The van der Waals surface area contributed by atoms with Crippen LogP contribution >= 0.6 is 39.1 Å². The van der Waals surface area contributed by atoms with Crippen LogP contribution in [0.3, 0.4) is 0 Å². The number of benzene rings is 3. The fraction of sp³-hybridized carbons (Fsp3) is 0.0588. The zero-order valence-corrected chi connectivity index (χ0v) is 13.6. The molecule has 0 aliphatic heterocycles. The Morgan fingerprint density at radius 1 is 0.750 bits per heavy atom. The summed E-state index contributed by atoms with van der Waals surface area (Å²) in [4.78, 5) is 0. The van der Waals surface area contributed by atoms with E-state index in [1.54, 1.807) is 0 Å². The number of hydrogen-bond donors (Lipinski definition) is 0. The van der Waals surface area contributed by atoms with E-state index in [1.807, 2.05) is 36.4 Å². The lowest BCUT2D eigenvalue weighted by Gasteiger charge is -2.07. The number of hydrogen-bond acceptors (Lipinski definition) is 0. The van der Waals surface area contributed by atoms with Crippen molar-refractivity contribution < 1.29 is 0 Å². The molecule has 0 amide bonds. The van der Waals surface area contributed by atoms with Crippen LogP contribution in [0.2, 0.25) is 10.0 Å². The van der Waals surface area contributed by atoms with Crippen LogP contribution in [0.5, 0.6) is 0 Å². The molecule has 0 aliphatic carbocycles. The Kier molecular flexibility index (Phi) is 4.02. The molecule has 0 fully saturated rings. The molecule has 0 radical (unpaired) electrons. The van der Waals surface area contributed by atoms with E-state index in [-0.39, 0.29) is 0 Å². The lowest BCUT2D eigenvalue weighted by atomic mass is 10.0. The summed E-state index contributed by atoms with van der Waals surface area (Å²) in [5, 5.41) is 3.88. The van der Waals surface area contributed by atoms with E-state index in [2.05, 4.69) is 34.1 Å². The highest BCUT2D eigenvalue weighted by Crippen LogP contribution is 2.26. The van der Waals surface area contributed by atoms with Gasteiger partial charge in [-0.25, -0.2) is 0 Å². The van der Waals surface area contributed by atoms with Crippen LogP contribution in [0.25, 0.3) is 10.8 Å². The van der Waals surface area contributed by atoms with Gasteiger partial charge in [0.25, 0.3) is 0 Å². The Morgan fingerprint density at radius 3 is 2.30 bits per heavy atom. The second-order valence-electron chi connectivity index (χ2n) is 4.74. The van der Waals surface area contributed by atoms with Crippen molar-refractivity contribution in [3.05, 3.63) is 80.2 Å². The fourth-order valence-corrected chi connectivity index (χ4v) is 3.04. The van der Waals surface area contributed by atoms with Crippen molar-refractivity contribution in [1.29, 1.82) is 0 Å². The summed E-state index contributed by atoms with van der Waals surface area (Å²) >= 11 is 15.7. The summed E-state index contributed by atoms with van der Waals surface area (Å²) < 4.78 is 1.08. The van der Waals surface area contributed by atoms with E-state index in [0.717, 1.165) is 26.3 Å². The van der Waals surface area contributed by atoms with Gasteiger partial charge in [0.1, 0.15) is 0 Å². The molecule has 0 atom stereocenters. The highest BCUT2D eigenvalue weighted by Gasteiger charge is 2.04. The minimum Gasteiger partial charge on any atom is -0.0843 e. The van der Waals surface area contributed by atoms with Gasteiger partial charge in [-0.1, -0.05) is 63.4 Å². The van der Waals surface area contributed by atoms with E-state index < -0.39 is 0 Å². The summed E-state index contributed by atoms with van der Waals surface area (Å²) in [7, 11) is 0. The van der Waals surface area contributed by atoms with Crippen molar-refractivity contribution in [3.8, 4) is 0 Å². The molecule has 20 heavy (non-hydrogen) atoms. The topological polar surface area (TPSA) is 0 Å². The zero-order valence-electron chi connectivity index (χ0n) is 10.5. The van der Waals surface area contributed by atoms with E-state index >= 15 is 0 Å². The smallest absolute Gasteiger partial charge is 0.0412 e. The maximum Gasteiger partial charge on any atom is 0.0412 e. The summed E-state index contributed by atoms with van der Waals surface area (Å²) in [6, 6.07) is 18.2. The second kappa shape index (κ2) is 5.77. The Labute approximate surface area is 136 Å². The average molecular weight is 366 g/mol. The number of halogens is 3. The Bertz CT molecular complexity index is 781. The van der Waals surface area contributed by atoms with Crippen molar-refractivity contribution in [3.63, 3.8) is 0 Å². The van der Waals surface area contributed by atoms with Gasteiger partial charge in [0.15, 0.2) is 0 Å². The molecular formula is C17H11BrCl2. The molecule has 3 aromatic carbocycles. The van der Waals surface area contributed by atoms with Crippen molar-refractivity contribution >= 4 is 49.9 Å². The third-order valence-corrected chi connectivity index (χ3v) is 4.51. The average Bonchev–Trinajstić information content (AvgIpc) is 2.42. The first-order valence-electron chi connectivity index (χ1n) is 6.24. The van der Waals surface area contributed by atoms with Gasteiger partial charge in [-0.15, -0.1) is 0 Å². The van der Waals surface area contributed by atoms with Gasteiger partial charge in [-0.05, 0) is 58.7 Å². The van der Waals surface area contributed by atoms with E-state index in [9.17, 15) is 0 Å². The molecule has 0 nitrogen and oxygen atoms in total. The molecule has 0 aliphatic rings. The van der Waals surface area contributed by atoms with Crippen molar-refractivity contribution in [2.24, 2.45) is 0 Å². The minimum atomic E-state index is 0.757. The first kappa shape index (κ1) is 13.9. The van der Waals surface area contributed by atoms with E-state index in [0.29, 0.717) is 0 Å². The normalized spacial score (nSPS) is 10.9. The third kappa shape index (κ3) is 3.01. The maximum atomic E-state index is 6.06. The Hall–Kier alpha value is -1.02. The van der Waals surface area contributed by atoms with Gasteiger partial charge in [-0.3, -0.25) is 0 Å². The van der Waals surface area contributed by atoms with Crippen LogP contribution in [0.15, 0.2) is 59.1 Å². The minimum absolute atomic E-state index is 0.757. The lowest BCUT2D eigenvalue weighted by Crippen LogP contribution is -1.90. The van der Waals surface area contributed by atoms with Crippen LogP contribution in [0, 0.1) is 0 Å². The molecule has 0 heterocycles. The zero-order chi connectivity index (χ0) is 14.1. The van der Waals surface area contributed by atoms with Gasteiger partial charge in [0, 0.05) is 14.5 Å². The molecule has 0 bridgehead atoms. The molecule has 3 heteroatoms. The van der Waals surface area contributed by atoms with Crippen LogP contribution in [0.4, 0.5) is 0 Å². The quantitative estimate of drug-likeness (QED) is 0.486. The molecular weight excluding hydrogens is 355 g/mol. The number of rotatable bonds is 2. The van der Waals surface area contributed by atoms with Crippen molar-refractivity contribution in [1.82, 2.24) is 0 Å². The monoisotopic (exact) mass is 364 g/mol. The lowest BCUT2D eigenvalue weighted by molar-refractivity contribution is 1.19. The van der Waals surface area contributed by atoms with Crippen molar-refractivity contribution in [2.75, 3.05) is 0 Å². The fourth-order valence-electron chi connectivity index (χ4n) is 2.28. The van der Waals surface area contributed by atoms with Gasteiger partial charge < -0.3 is 0 Å². The maximum absolute atomic E-state index is 6.06. The van der Waals surface area contributed by atoms with E-state index in [1.165, 1.54) is 16.5 Å². The van der Waals surface area contributed by atoms with Crippen molar-refractivity contribution in [2.45, 2.75) is 6.42 Å². The van der Waals surface area contributed by atoms with Crippen LogP contribution in [0.1, 0.15) is 11.1 Å². The number of fused-ring (bicyclic) bond motifs is 1. The Morgan fingerprint density at radius 2 is 1.45 bits per heavy atom. The molecule has 0 aromatic heterocycles. The van der Waals surface area contributed by atoms with Crippen LogP contribution < -0.4 is 0 Å². The predicted molar refractivity (Wildman–Crippen MR) is 90.9 cm³/mol. The molecule has 0 unspecified atom stereocenters. The van der Waals surface area contributed by atoms with Gasteiger partial charge in [-0.2, -0.15) is 0 Å². The first-order chi connectivity index (χ1) is 9.61.